The summed E-state index contributed by atoms with van der Waals surface area (Å²) in [5, 5.41) is 14.9. The minimum Gasteiger partial charge on any atom is -0.388 e. The number of nitrogens with zero attached hydrogens (tertiary/aromatic N) is 3. The Labute approximate surface area is 120 Å². The van der Waals surface area contributed by atoms with Gasteiger partial charge in [-0.3, -0.25) is 9.67 Å². The number of aryl methyl sites for hydroxylation is 1. The van der Waals surface area contributed by atoms with Gasteiger partial charge in [-0.15, -0.1) is 0 Å². The van der Waals surface area contributed by atoms with Gasteiger partial charge in [-0.05, 0) is 43.0 Å². The third-order valence-electron chi connectivity index (χ3n) is 3.81. The summed E-state index contributed by atoms with van der Waals surface area (Å²) in [4.78, 5) is 4.05. The summed E-state index contributed by atoms with van der Waals surface area (Å²) in [5.74, 6) is 0. The number of rotatable bonds is 6. The molecule has 4 heteroatoms. The van der Waals surface area contributed by atoms with Crippen LogP contribution in [0.5, 0.6) is 0 Å². The molecule has 0 amide bonds. The van der Waals surface area contributed by atoms with Crippen LogP contribution in [0.1, 0.15) is 55.7 Å². The summed E-state index contributed by atoms with van der Waals surface area (Å²) in [7, 11) is 0. The maximum atomic E-state index is 10.3. The maximum absolute atomic E-state index is 10.3. The second kappa shape index (κ2) is 6.66. The van der Waals surface area contributed by atoms with E-state index in [1.54, 1.807) is 12.4 Å². The molecule has 0 aliphatic heterocycles. The highest BCUT2D eigenvalue weighted by atomic mass is 16.3. The lowest BCUT2D eigenvalue weighted by molar-refractivity contribution is 0.176. The van der Waals surface area contributed by atoms with Crippen molar-refractivity contribution in [2.24, 2.45) is 0 Å². The highest BCUT2D eigenvalue weighted by Crippen LogP contribution is 2.21. The van der Waals surface area contributed by atoms with E-state index in [1.165, 1.54) is 0 Å². The molecule has 2 aromatic rings. The fraction of sp³-hybridized carbons (Fsp3) is 0.500. The first-order valence-corrected chi connectivity index (χ1v) is 7.28. The molecule has 20 heavy (non-hydrogen) atoms. The molecule has 0 radical (unpaired) electrons. The number of hydrogen-bond donors (Lipinski definition) is 1. The van der Waals surface area contributed by atoms with Crippen molar-refractivity contribution in [2.75, 3.05) is 0 Å². The van der Waals surface area contributed by atoms with Crippen LogP contribution in [0.25, 0.3) is 0 Å². The number of hydrogen-bond acceptors (Lipinski definition) is 3. The van der Waals surface area contributed by atoms with Crippen molar-refractivity contribution in [2.45, 2.75) is 52.2 Å². The molecule has 1 unspecified atom stereocenters. The van der Waals surface area contributed by atoms with E-state index in [4.69, 9.17) is 0 Å². The molecule has 0 fully saturated rings. The highest BCUT2D eigenvalue weighted by molar-refractivity contribution is 5.25. The molecule has 0 saturated heterocycles. The van der Waals surface area contributed by atoms with Gasteiger partial charge in [0, 0.05) is 25.0 Å². The van der Waals surface area contributed by atoms with Crippen LogP contribution in [0.15, 0.2) is 30.7 Å². The highest BCUT2D eigenvalue weighted by Gasteiger charge is 2.14. The summed E-state index contributed by atoms with van der Waals surface area (Å²) in [6, 6.07) is 4.32. The molecular formula is C16H23N3O. The molecule has 0 aliphatic carbocycles. The average Bonchev–Trinajstić information content (AvgIpc) is 2.89. The summed E-state index contributed by atoms with van der Waals surface area (Å²) >= 11 is 0. The Balaban J connectivity index is 2.09. The third-order valence-corrected chi connectivity index (χ3v) is 3.81. The van der Waals surface area contributed by atoms with E-state index in [2.05, 4.69) is 23.9 Å². The van der Waals surface area contributed by atoms with Crippen molar-refractivity contribution in [3.05, 3.63) is 47.5 Å². The molecule has 2 heterocycles. The largest absolute Gasteiger partial charge is 0.388 e. The van der Waals surface area contributed by atoms with Gasteiger partial charge in [-0.25, -0.2) is 0 Å². The van der Waals surface area contributed by atoms with Crippen LogP contribution in [0.2, 0.25) is 0 Å². The Kier molecular flexibility index (Phi) is 4.90. The zero-order chi connectivity index (χ0) is 14.5. The minimum absolute atomic E-state index is 0.448. The van der Waals surface area contributed by atoms with Crippen LogP contribution < -0.4 is 0 Å². The van der Waals surface area contributed by atoms with Crippen LogP contribution >= 0.6 is 0 Å². The van der Waals surface area contributed by atoms with E-state index >= 15 is 0 Å². The average molecular weight is 273 g/mol. The molecule has 4 nitrogen and oxygen atoms in total. The number of aliphatic hydroxyl groups excluding tert-OH is 1. The van der Waals surface area contributed by atoms with Gasteiger partial charge in [-0.2, -0.15) is 5.10 Å². The van der Waals surface area contributed by atoms with Gasteiger partial charge in [0.05, 0.1) is 17.8 Å². The Bertz CT molecular complexity index is 546. The molecule has 108 valence electrons. The van der Waals surface area contributed by atoms with E-state index in [9.17, 15) is 5.11 Å². The molecule has 0 aromatic carbocycles. The second-order valence-electron chi connectivity index (χ2n) is 5.21. The van der Waals surface area contributed by atoms with Gasteiger partial charge in [0.15, 0.2) is 0 Å². The van der Waals surface area contributed by atoms with E-state index in [0.29, 0.717) is 12.5 Å². The predicted molar refractivity (Wildman–Crippen MR) is 79.5 cm³/mol. The lowest BCUT2D eigenvalue weighted by atomic mass is 10.0. The third kappa shape index (κ3) is 3.25. The predicted octanol–water partition coefficient (Wildman–Crippen LogP) is 3.22. The van der Waals surface area contributed by atoms with Gasteiger partial charge in [0.1, 0.15) is 0 Å². The van der Waals surface area contributed by atoms with Crippen LogP contribution in [0, 0.1) is 6.92 Å². The van der Waals surface area contributed by atoms with Crippen molar-refractivity contribution >= 4 is 0 Å². The number of aromatic nitrogens is 3. The van der Waals surface area contributed by atoms with Crippen molar-refractivity contribution in [1.29, 1.82) is 0 Å². The topological polar surface area (TPSA) is 50.9 Å². The zero-order valence-electron chi connectivity index (χ0n) is 12.5. The standard InChI is InChI=1S/C16H23N3O/c1-4-14(5-2)19-9-7-13(18-19)10-16(20)15-6-8-17-11-12(15)3/h6-9,11,14,16,20H,4-5,10H2,1-3H3. The van der Waals surface area contributed by atoms with Crippen molar-refractivity contribution < 1.29 is 5.11 Å². The van der Waals surface area contributed by atoms with Crippen LogP contribution in [-0.4, -0.2) is 19.9 Å². The molecule has 1 N–H and O–H groups in total. The molecule has 2 aromatic heterocycles. The monoisotopic (exact) mass is 273 g/mol. The summed E-state index contributed by atoms with van der Waals surface area (Å²) < 4.78 is 2.02. The smallest absolute Gasteiger partial charge is 0.0849 e. The minimum atomic E-state index is -0.525. The first-order chi connectivity index (χ1) is 9.65. The van der Waals surface area contributed by atoms with Crippen LogP contribution in [0.3, 0.4) is 0 Å². The van der Waals surface area contributed by atoms with Crippen molar-refractivity contribution in [3.8, 4) is 0 Å². The van der Waals surface area contributed by atoms with Crippen molar-refractivity contribution in [1.82, 2.24) is 14.8 Å². The molecule has 0 saturated carbocycles. The molecule has 0 aliphatic rings. The number of pyridine rings is 1. The quantitative estimate of drug-likeness (QED) is 0.879. The lowest BCUT2D eigenvalue weighted by Gasteiger charge is -2.13. The molecule has 2 rings (SSSR count). The SMILES string of the molecule is CCC(CC)n1ccc(CC(O)c2ccncc2C)n1. The van der Waals surface area contributed by atoms with E-state index < -0.39 is 6.10 Å². The summed E-state index contributed by atoms with van der Waals surface area (Å²) in [5.41, 5.74) is 2.87. The van der Waals surface area contributed by atoms with Crippen LogP contribution in [-0.2, 0) is 6.42 Å². The van der Waals surface area contributed by atoms with E-state index in [-0.39, 0.29) is 0 Å². The van der Waals surface area contributed by atoms with Crippen molar-refractivity contribution in [3.63, 3.8) is 0 Å². The fourth-order valence-electron chi connectivity index (χ4n) is 2.52. The van der Waals surface area contributed by atoms with Gasteiger partial charge >= 0.3 is 0 Å². The van der Waals surface area contributed by atoms with Gasteiger partial charge in [-0.1, -0.05) is 13.8 Å². The normalized spacial score (nSPS) is 12.8. The Morgan fingerprint density at radius 2 is 2.00 bits per heavy atom. The Morgan fingerprint density at radius 3 is 2.65 bits per heavy atom. The number of aliphatic hydroxyl groups is 1. The summed E-state index contributed by atoms with van der Waals surface area (Å²) in [6.07, 6.45) is 7.67. The van der Waals surface area contributed by atoms with E-state index in [1.807, 2.05) is 29.9 Å². The second-order valence-corrected chi connectivity index (χ2v) is 5.21. The van der Waals surface area contributed by atoms with Gasteiger partial charge in [0.25, 0.3) is 0 Å². The molecule has 0 bridgehead atoms. The first kappa shape index (κ1) is 14.7. The Hall–Kier alpha value is -1.68. The van der Waals surface area contributed by atoms with Crippen LogP contribution in [0.4, 0.5) is 0 Å². The van der Waals surface area contributed by atoms with E-state index in [0.717, 1.165) is 29.7 Å². The first-order valence-electron chi connectivity index (χ1n) is 7.28. The maximum Gasteiger partial charge on any atom is 0.0849 e. The lowest BCUT2D eigenvalue weighted by Crippen LogP contribution is -2.09. The Morgan fingerprint density at radius 1 is 1.25 bits per heavy atom. The summed E-state index contributed by atoms with van der Waals surface area (Å²) in [6.45, 7) is 6.31. The zero-order valence-corrected chi connectivity index (χ0v) is 12.5. The molecular weight excluding hydrogens is 250 g/mol. The fourth-order valence-corrected chi connectivity index (χ4v) is 2.52. The molecule has 1 atom stereocenters. The van der Waals surface area contributed by atoms with Gasteiger partial charge in [0.2, 0.25) is 0 Å². The molecule has 0 spiro atoms. The van der Waals surface area contributed by atoms with Gasteiger partial charge < -0.3 is 5.11 Å².